The number of fused-ring (bicyclic) bond motifs is 1. The molecule has 0 saturated heterocycles. The zero-order chi connectivity index (χ0) is 28.5. The van der Waals surface area contributed by atoms with Crippen LogP contribution >= 0.6 is 11.6 Å². The van der Waals surface area contributed by atoms with Crippen LogP contribution in [0.25, 0.3) is 11.3 Å². The molecule has 0 saturated carbocycles. The lowest BCUT2D eigenvalue weighted by Gasteiger charge is -2.26. The number of H-pyrrole nitrogens is 1. The van der Waals surface area contributed by atoms with Crippen molar-refractivity contribution >= 4 is 17.5 Å². The van der Waals surface area contributed by atoms with Gasteiger partial charge in [-0.2, -0.15) is 5.10 Å². The van der Waals surface area contributed by atoms with E-state index in [0.717, 1.165) is 16.7 Å². The number of phenols is 1. The highest BCUT2D eigenvalue weighted by Gasteiger charge is 2.43. The highest BCUT2D eigenvalue weighted by Crippen LogP contribution is 2.47. The molecule has 1 unspecified atom stereocenters. The van der Waals surface area contributed by atoms with Crippen molar-refractivity contribution in [2.45, 2.75) is 33.0 Å². The van der Waals surface area contributed by atoms with Crippen molar-refractivity contribution in [3.05, 3.63) is 118 Å². The molecule has 2 aromatic heterocycles. The third-order valence-electron chi connectivity index (χ3n) is 7.12. The maximum atomic E-state index is 13.8. The summed E-state index contributed by atoms with van der Waals surface area (Å²) in [6.45, 7) is 4.77. The van der Waals surface area contributed by atoms with E-state index in [4.69, 9.17) is 25.5 Å². The summed E-state index contributed by atoms with van der Waals surface area (Å²) in [7, 11) is 0. The van der Waals surface area contributed by atoms with E-state index in [1.54, 1.807) is 29.4 Å². The van der Waals surface area contributed by atoms with Gasteiger partial charge in [0.25, 0.3) is 5.91 Å². The second kappa shape index (κ2) is 11.1. The second-order valence-corrected chi connectivity index (χ2v) is 10.2. The summed E-state index contributed by atoms with van der Waals surface area (Å²) in [5, 5.41) is 18.7. The highest BCUT2D eigenvalue weighted by atomic mass is 35.5. The SMILES string of the molecule is CCOc1cc(C2c3c(-c4cc(Cl)c(C)cc4O)n[nH]c3C(=O)N2Cc2ccco2)ccc1OCc1ccccc1. The van der Waals surface area contributed by atoms with Crippen molar-refractivity contribution in [1.29, 1.82) is 0 Å². The predicted octanol–water partition coefficient (Wildman–Crippen LogP) is 7.06. The Kier molecular flexibility index (Phi) is 7.15. The molecule has 3 heterocycles. The van der Waals surface area contributed by atoms with Gasteiger partial charge in [0.2, 0.25) is 0 Å². The monoisotopic (exact) mass is 569 g/mol. The third kappa shape index (κ3) is 5.02. The molecule has 0 spiro atoms. The molecule has 41 heavy (non-hydrogen) atoms. The summed E-state index contributed by atoms with van der Waals surface area (Å²) in [5.74, 6) is 1.58. The number of halogens is 1. The quantitative estimate of drug-likeness (QED) is 0.197. The number of ether oxygens (including phenoxy) is 2. The maximum absolute atomic E-state index is 13.8. The number of furan rings is 1. The number of benzene rings is 3. The van der Waals surface area contributed by atoms with E-state index >= 15 is 0 Å². The first-order valence-corrected chi connectivity index (χ1v) is 13.7. The van der Waals surface area contributed by atoms with Gasteiger partial charge in [-0.1, -0.05) is 48.0 Å². The van der Waals surface area contributed by atoms with E-state index in [-0.39, 0.29) is 18.2 Å². The topological polar surface area (TPSA) is 101 Å². The van der Waals surface area contributed by atoms with Gasteiger partial charge in [-0.15, -0.1) is 0 Å². The minimum Gasteiger partial charge on any atom is -0.507 e. The van der Waals surface area contributed by atoms with Crippen molar-refractivity contribution < 1.29 is 23.8 Å². The summed E-state index contributed by atoms with van der Waals surface area (Å²) in [6, 6.07) is 21.9. The number of hydrogen-bond donors (Lipinski definition) is 2. The van der Waals surface area contributed by atoms with Gasteiger partial charge in [-0.3, -0.25) is 9.89 Å². The Hall–Kier alpha value is -4.69. The number of rotatable bonds is 9. The lowest BCUT2D eigenvalue weighted by Crippen LogP contribution is -2.29. The number of carbonyl (C=O) groups excluding carboxylic acids is 1. The van der Waals surface area contributed by atoms with Crippen LogP contribution in [-0.2, 0) is 13.2 Å². The molecule has 1 atom stereocenters. The third-order valence-corrected chi connectivity index (χ3v) is 7.53. The first kappa shape index (κ1) is 26.5. The van der Waals surface area contributed by atoms with Gasteiger partial charge in [0.1, 0.15) is 29.5 Å². The molecule has 1 amide bonds. The standard InChI is InChI=1S/C32H28ClN3O5/c1-3-39-27-15-21(11-12-26(27)41-18-20-8-5-4-6-9-20)31-28-29(23-16-24(33)19(2)14-25(23)37)34-35-30(28)32(38)36(31)17-22-10-7-13-40-22/h4-16,31,37H,3,17-18H2,1-2H3,(H,34,35). The Morgan fingerprint density at radius 1 is 1.05 bits per heavy atom. The molecule has 1 aliphatic heterocycles. The van der Waals surface area contributed by atoms with E-state index in [0.29, 0.717) is 58.0 Å². The minimum absolute atomic E-state index is 0.0246. The fraction of sp³-hybridized carbons (Fsp3) is 0.188. The number of nitrogens with one attached hydrogen (secondary N) is 1. The van der Waals surface area contributed by atoms with Gasteiger partial charge in [0.05, 0.1) is 25.5 Å². The number of aryl methyl sites for hydroxylation is 1. The Bertz CT molecular complexity index is 1700. The average molecular weight is 570 g/mol. The van der Waals surface area contributed by atoms with Crippen LogP contribution < -0.4 is 9.47 Å². The van der Waals surface area contributed by atoms with Crippen molar-refractivity contribution in [2.75, 3.05) is 6.61 Å². The molecule has 2 N–H and O–H groups in total. The fourth-order valence-corrected chi connectivity index (χ4v) is 5.32. The molecule has 8 nitrogen and oxygen atoms in total. The normalized spacial score (nSPS) is 14.4. The molecular weight excluding hydrogens is 542 g/mol. The van der Waals surface area contributed by atoms with Crippen LogP contribution in [0.2, 0.25) is 5.02 Å². The zero-order valence-corrected chi connectivity index (χ0v) is 23.3. The molecule has 9 heteroatoms. The summed E-state index contributed by atoms with van der Waals surface area (Å²) in [5.41, 5.74) is 4.42. The summed E-state index contributed by atoms with van der Waals surface area (Å²) in [4.78, 5) is 15.5. The van der Waals surface area contributed by atoms with Crippen molar-refractivity contribution in [3.63, 3.8) is 0 Å². The van der Waals surface area contributed by atoms with Gasteiger partial charge in [-0.05, 0) is 66.9 Å². The lowest BCUT2D eigenvalue weighted by atomic mass is 9.95. The number of phenolic OH excluding ortho intramolecular Hbond substituents is 1. The van der Waals surface area contributed by atoms with Crippen molar-refractivity contribution in [1.82, 2.24) is 15.1 Å². The summed E-state index contributed by atoms with van der Waals surface area (Å²) < 4.78 is 17.7. The van der Waals surface area contributed by atoms with E-state index < -0.39 is 6.04 Å². The molecule has 0 bridgehead atoms. The average Bonchev–Trinajstić information content (AvgIpc) is 3.70. The lowest BCUT2D eigenvalue weighted by molar-refractivity contribution is 0.0716. The molecule has 208 valence electrons. The zero-order valence-electron chi connectivity index (χ0n) is 22.6. The van der Waals surface area contributed by atoms with Crippen LogP contribution in [0.5, 0.6) is 17.2 Å². The van der Waals surface area contributed by atoms with Crippen LogP contribution in [0.3, 0.4) is 0 Å². The number of carbonyl (C=O) groups is 1. The number of aromatic hydroxyl groups is 1. The van der Waals surface area contributed by atoms with Gasteiger partial charge < -0.3 is 23.9 Å². The number of aromatic amines is 1. The van der Waals surface area contributed by atoms with Crippen molar-refractivity contribution in [2.24, 2.45) is 0 Å². The first-order valence-electron chi connectivity index (χ1n) is 13.3. The van der Waals surface area contributed by atoms with Crippen LogP contribution in [0.1, 0.15) is 51.5 Å². The van der Waals surface area contributed by atoms with Crippen molar-refractivity contribution in [3.8, 4) is 28.5 Å². The fourth-order valence-electron chi connectivity index (χ4n) is 5.16. The number of hydrogen-bond acceptors (Lipinski definition) is 6. The Labute approximate surface area is 242 Å². The molecule has 6 rings (SSSR count). The smallest absolute Gasteiger partial charge is 0.273 e. The molecule has 3 aromatic carbocycles. The van der Waals surface area contributed by atoms with E-state index in [9.17, 15) is 9.90 Å². The van der Waals surface area contributed by atoms with Crippen LogP contribution in [0, 0.1) is 6.92 Å². The predicted molar refractivity (Wildman–Crippen MR) is 154 cm³/mol. The molecular formula is C32H28ClN3O5. The van der Waals surface area contributed by atoms with E-state index in [1.807, 2.05) is 68.4 Å². The maximum Gasteiger partial charge on any atom is 0.273 e. The Balaban J connectivity index is 1.44. The first-order chi connectivity index (χ1) is 19.9. The molecule has 0 aliphatic carbocycles. The molecule has 0 fully saturated rings. The van der Waals surface area contributed by atoms with Gasteiger partial charge in [0.15, 0.2) is 11.5 Å². The second-order valence-electron chi connectivity index (χ2n) is 9.81. The Morgan fingerprint density at radius 2 is 1.88 bits per heavy atom. The number of aromatic nitrogens is 2. The minimum atomic E-state index is -0.557. The van der Waals surface area contributed by atoms with E-state index in [1.165, 1.54) is 0 Å². The van der Waals surface area contributed by atoms with Gasteiger partial charge in [-0.25, -0.2) is 0 Å². The molecule has 5 aromatic rings. The van der Waals surface area contributed by atoms with Gasteiger partial charge >= 0.3 is 0 Å². The van der Waals surface area contributed by atoms with E-state index in [2.05, 4.69) is 10.2 Å². The number of nitrogens with zero attached hydrogens (tertiary/aromatic N) is 2. The summed E-state index contributed by atoms with van der Waals surface area (Å²) in [6.07, 6.45) is 1.58. The highest BCUT2D eigenvalue weighted by molar-refractivity contribution is 6.31. The van der Waals surface area contributed by atoms with Gasteiger partial charge in [0, 0.05) is 16.1 Å². The summed E-state index contributed by atoms with van der Waals surface area (Å²) >= 11 is 6.44. The van der Waals surface area contributed by atoms with Crippen LogP contribution in [0.15, 0.2) is 83.5 Å². The van der Waals surface area contributed by atoms with Crippen LogP contribution in [0.4, 0.5) is 0 Å². The Morgan fingerprint density at radius 3 is 2.63 bits per heavy atom. The number of amides is 1. The molecule has 0 radical (unpaired) electrons. The largest absolute Gasteiger partial charge is 0.507 e. The van der Waals surface area contributed by atoms with Crippen LogP contribution in [-0.4, -0.2) is 32.7 Å². The molecule has 1 aliphatic rings.